The van der Waals surface area contributed by atoms with E-state index >= 15 is 0 Å². The number of hydrogen-bond donors (Lipinski definition) is 1. The number of ether oxygens (including phenoxy) is 1. The second-order valence-corrected chi connectivity index (χ2v) is 15.9. The highest BCUT2D eigenvalue weighted by Crippen LogP contribution is 2.48. The molecule has 2 saturated heterocycles. The molecule has 8 nitrogen and oxygen atoms in total. The van der Waals surface area contributed by atoms with Crippen molar-refractivity contribution in [3.8, 4) is 0 Å². The fourth-order valence-electron chi connectivity index (χ4n) is 9.09. The Labute approximate surface area is 291 Å². The third-order valence-electron chi connectivity index (χ3n) is 12.0. The lowest BCUT2D eigenvalue weighted by atomic mass is 9.63. The molecule has 1 N–H and O–H groups in total. The summed E-state index contributed by atoms with van der Waals surface area (Å²) in [7, 11) is 0. The summed E-state index contributed by atoms with van der Waals surface area (Å²) in [5.74, 6) is -0.0348. The average molecular weight is 677 g/mol. The topological polar surface area (TPSA) is 91.3 Å². The maximum atomic E-state index is 14.5. The van der Waals surface area contributed by atoms with E-state index in [9.17, 15) is 14.4 Å². The zero-order valence-electron chi connectivity index (χ0n) is 28.9. The van der Waals surface area contributed by atoms with Crippen LogP contribution in [-0.4, -0.2) is 78.3 Å². The minimum absolute atomic E-state index is 0.0503. The number of aliphatic imine (C=N–C) groups is 1. The standard InChI is InChI=1S/C39H53ClN4O4/c1-38(2)26-48-37(47)44(38)25-39(29-12-5-4-6-13-29)20-22-43(23-21-39)36(46)33(24-27-16-18-30(40)19-17-27)42-35(45)32-15-9-11-28-10-7-8-14-31(28)34(32)41-3/h8,14,16-19,29,32-34H,3-7,9-13,15,20-26H2,1-2H3,(H,42,45). The molecule has 6 rings (SSSR count). The summed E-state index contributed by atoms with van der Waals surface area (Å²) in [5.41, 5.74) is 3.06. The summed E-state index contributed by atoms with van der Waals surface area (Å²) >= 11 is 6.20. The molecule has 3 fully saturated rings. The molecule has 2 aliphatic heterocycles. The number of cyclic esters (lactones) is 1. The van der Waals surface area contributed by atoms with Crippen LogP contribution >= 0.6 is 11.6 Å². The van der Waals surface area contributed by atoms with Gasteiger partial charge in [0.05, 0.1) is 17.5 Å². The molecular weight excluding hydrogens is 624 g/mol. The van der Waals surface area contributed by atoms with Crippen molar-refractivity contribution < 1.29 is 19.1 Å². The molecule has 1 saturated carbocycles. The number of allylic oxidation sites excluding steroid dienone is 2. The van der Waals surface area contributed by atoms with E-state index in [4.69, 9.17) is 16.3 Å². The molecule has 2 heterocycles. The maximum absolute atomic E-state index is 14.5. The number of carbonyl (C=O) groups is 3. The number of amides is 3. The van der Waals surface area contributed by atoms with E-state index in [2.05, 4.69) is 43.0 Å². The second kappa shape index (κ2) is 14.8. The molecule has 3 unspecified atom stereocenters. The van der Waals surface area contributed by atoms with Gasteiger partial charge in [-0.1, -0.05) is 60.7 Å². The normalized spacial score (nSPS) is 26.4. The Kier molecular flexibility index (Phi) is 10.7. The van der Waals surface area contributed by atoms with Crippen molar-refractivity contribution in [2.24, 2.45) is 22.2 Å². The molecule has 0 aromatic heterocycles. The minimum atomic E-state index is -0.711. The fourth-order valence-corrected chi connectivity index (χ4v) is 9.22. The maximum Gasteiger partial charge on any atom is 0.410 e. The summed E-state index contributed by atoms with van der Waals surface area (Å²) in [4.78, 5) is 49.9. The predicted molar refractivity (Wildman–Crippen MR) is 190 cm³/mol. The van der Waals surface area contributed by atoms with E-state index < -0.39 is 6.04 Å². The second-order valence-electron chi connectivity index (χ2n) is 15.5. The van der Waals surface area contributed by atoms with Gasteiger partial charge in [-0.3, -0.25) is 19.5 Å². The highest BCUT2D eigenvalue weighted by atomic mass is 35.5. The van der Waals surface area contributed by atoms with Gasteiger partial charge in [0.15, 0.2) is 0 Å². The van der Waals surface area contributed by atoms with Gasteiger partial charge < -0.3 is 15.0 Å². The Morgan fingerprint density at radius 3 is 2.46 bits per heavy atom. The first kappa shape index (κ1) is 34.7. The highest BCUT2D eigenvalue weighted by molar-refractivity contribution is 6.30. The van der Waals surface area contributed by atoms with Crippen molar-refractivity contribution in [1.82, 2.24) is 15.1 Å². The summed E-state index contributed by atoms with van der Waals surface area (Å²) in [5, 5.41) is 3.86. The summed E-state index contributed by atoms with van der Waals surface area (Å²) in [6.07, 6.45) is 16.8. The van der Waals surface area contributed by atoms with Crippen LogP contribution in [0.25, 0.3) is 0 Å². The van der Waals surface area contributed by atoms with Crippen LogP contribution in [0.4, 0.5) is 4.79 Å². The molecule has 0 spiro atoms. The summed E-state index contributed by atoms with van der Waals surface area (Å²) in [6, 6.07) is 6.50. The number of carbonyl (C=O) groups excluding carboxylic acids is 3. The quantitative estimate of drug-likeness (QED) is 0.278. The number of halogens is 1. The van der Waals surface area contributed by atoms with Crippen molar-refractivity contribution in [3.05, 3.63) is 58.1 Å². The van der Waals surface area contributed by atoms with Crippen LogP contribution in [0.2, 0.25) is 5.02 Å². The number of nitrogens with one attached hydrogen (secondary N) is 1. The van der Waals surface area contributed by atoms with Gasteiger partial charge in [0.1, 0.15) is 12.6 Å². The monoisotopic (exact) mass is 676 g/mol. The van der Waals surface area contributed by atoms with E-state index in [1.54, 1.807) is 0 Å². The molecule has 260 valence electrons. The van der Waals surface area contributed by atoms with Crippen molar-refractivity contribution in [1.29, 1.82) is 0 Å². The number of rotatable bonds is 9. The van der Waals surface area contributed by atoms with E-state index in [0.717, 1.165) is 49.7 Å². The lowest BCUT2D eigenvalue weighted by Gasteiger charge is -2.51. The zero-order valence-corrected chi connectivity index (χ0v) is 29.6. The molecule has 48 heavy (non-hydrogen) atoms. The van der Waals surface area contributed by atoms with Crippen molar-refractivity contribution in [2.75, 3.05) is 26.2 Å². The van der Waals surface area contributed by atoms with Crippen molar-refractivity contribution >= 4 is 36.2 Å². The van der Waals surface area contributed by atoms with Crippen LogP contribution in [0.1, 0.15) is 96.5 Å². The molecule has 0 radical (unpaired) electrons. The smallest absolute Gasteiger partial charge is 0.410 e. The highest BCUT2D eigenvalue weighted by Gasteiger charge is 2.50. The van der Waals surface area contributed by atoms with Gasteiger partial charge in [-0.25, -0.2) is 4.79 Å². The van der Waals surface area contributed by atoms with Gasteiger partial charge in [0.2, 0.25) is 11.8 Å². The van der Waals surface area contributed by atoms with Gasteiger partial charge in [0.25, 0.3) is 0 Å². The molecule has 3 aliphatic carbocycles. The Balaban J connectivity index is 1.21. The van der Waals surface area contributed by atoms with Crippen LogP contribution in [0.15, 0.2) is 52.6 Å². The van der Waals surface area contributed by atoms with Gasteiger partial charge in [-0.05, 0) is 113 Å². The van der Waals surface area contributed by atoms with E-state index in [1.165, 1.54) is 37.7 Å². The van der Waals surface area contributed by atoms with Crippen LogP contribution in [-0.2, 0) is 20.7 Å². The number of piperidine rings is 1. The van der Waals surface area contributed by atoms with Crippen LogP contribution in [0.3, 0.4) is 0 Å². The SMILES string of the molecule is C=NC1C2=C(CCC=C2)CCCC1C(=O)NC(Cc1ccc(Cl)cc1)C(=O)N1CCC(CN2C(=O)OCC2(C)C)(C2CCCCC2)CC1. The van der Waals surface area contributed by atoms with Gasteiger partial charge >= 0.3 is 6.09 Å². The van der Waals surface area contributed by atoms with Gasteiger partial charge in [-0.2, -0.15) is 0 Å². The fraction of sp³-hybridized carbons (Fsp3) is 0.641. The molecule has 5 aliphatic rings. The predicted octanol–water partition coefficient (Wildman–Crippen LogP) is 7.30. The molecule has 0 bridgehead atoms. The minimum Gasteiger partial charge on any atom is -0.447 e. The summed E-state index contributed by atoms with van der Waals surface area (Å²) in [6.45, 7) is 10.3. The Bertz CT molecular complexity index is 1420. The largest absolute Gasteiger partial charge is 0.447 e. The van der Waals surface area contributed by atoms with Crippen LogP contribution < -0.4 is 5.32 Å². The van der Waals surface area contributed by atoms with Gasteiger partial charge in [-0.15, -0.1) is 0 Å². The number of nitrogens with zero attached hydrogens (tertiary/aromatic N) is 3. The molecule has 3 atom stereocenters. The first-order chi connectivity index (χ1) is 23.1. The van der Waals surface area contributed by atoms with Crippen LogP contribution in [0, 0.1) is 17.3 Å². The molecular formula is C39H53ClN4O4. The third-order valence-corrected chi connectivity index (χ3v) is 12.3. The van der Waals surface area contributed by atoms with Crippen molar-refractivity contribution in [2.45, 2.75) is 115 Å². The molecule has 1 aromatic carbocycles. The number of hydrogen-bond acceptors (Lipinski definition) is 5. The molecule has 3 amide bonds. The number of benzene rings is 1. The van der Waals surface area contributed by atoms with Gasteiger partial charge in [0, 0.05) is 31.1 Å². The first-order valence-electron chi connectivity index (χ1n) is 18.2. The van der Waals surface area contributed by atoms with Crippen LogP contribution in [0.5, 0.6) is 0 Å². The van der Waals surface area contributed by atoms with E-state index in [1.807, 2.05) is 34.1 Å². The Hall–Kier alpha value is -3.13. The Morgan fingerprint density at radius 1 is 1.06 bits per heavy atom. The zero-order chi connectivity index (χ0) is 33.9. The number of likely N-dealkylation sites (tertiary alicyclic amines) is 1. The van der Waals surface area contributed by atoms with E-state index in [-0.39, 0.29) is 40.8 Å². The lowest BCUT2D eigenvalue weighted by Crippen LogP contribution is -2.58. The molecule has 9 heteroatoms. The summed E-state index contributed by atoms with van der Waals surface area (Å²) < 4.78 is 5.51. The molecule has 1 aromatic rings. The van der Waals surface area contributed by atoms with E-state index in [0.29, 0.717) is 50.0 Å². The first-order valence-corrected chi connectivity index (χ1v) is 18.6. The van der Waals surface area contributed by atoms with Crippen molar-refractivity contribution in [3.63, 3.8) is 0 Å². The average Bonchev–Trinajstić information content (AvgIpc) is 3.24. The lowest BCUT2D eigenvalue weighted by molar-refractivity contribution is -0.140. The Morgan fingerprint density at radius 2 is 1.79 bits per heavy atom. The third kappa shape index (κ3) is 7.39.